The molecule has 4 aliphatic carbocycles. The van der Waals surface area contributed by atoms with Gasteiger partial charge in [0.15, 0.2) is 40.7 Å². The summed E-state index contributed by atoms with van der Waals surface area (Å²) in [5, 5.41) is 21.8. The van der Waals surface area contributed by atoms with Gasteiger partial charge in [0.2, 0.25) is 0 Å². The normalized spacial score (nSPS) is 46.3. The van der Waals surface area contributed by atoms with Crippen molar-refractivity contribution in [3.63, 3.8) is 0 Å². The van der Waals surface area contributed by atoms with Gasteiger partial charge in [0.05, 0.1) is 18.8 Å². The Morgan fingerprint density at radius 1 is 1.22 bits per heavy atom. The molecule has 0 spiro atoms. The van der Waals surface area contributed by atoms with Crippen LogP contribution < -0.4 is 4.74 Å². The Bertz CT molecular complexity index is 1380. The topological polar surface area (TPSA) is 102 Å². The van der Waals surface area contributed by atoms with E-state index in [4.69, 9.17) is 14.2 Å². The predicted molar refractivity (Wildman–Crippen MR) is 140 cm³/mol. The molecule has 10 atom stereocenters. The van der Waals surface area contributed by atoms with Crippen molar-refractivity contribution in [1.82, 2.24) is 0 Å². The number of halogens is 3. The van der Waals surface area contributed by atoms with Gasteiger partial charge in [-0.2, -0.15) is 0 Å². The molecule has 0 unspecified atom stereocenters. The van der Waals surface area contributed by atoms with Gasteiger partial charge in [-0.3, -0.25) is 9.59 Å². The van der Waals surface area contributed by atoms with Crippen LogP contribution in [0.25, 0.3) is 0 Å². The lowest BCUT2D eigenvalue weighted by Gasteiger charge is -2.66. The monoisotopic (exact) mass is 576 g/mol. The molecule has 7 nitrogen and oxygen atoms in total. The molecule has 222 valence electrons. The van der Waals surface area contributed by atoms with Crippen molar-refractivity contribution >= 4 is 11.6 Å². The number of allylic oxidation sites excluding steroid dienone is 4. The molecule has 6 rings (SSSR count). The van der Waals surface area contributed by atoms with Crippen LogP contribution in [0.2, 0.25) is 0 Å². The molecule has 1 heterocycles. The van der Waals surface area contributed by atoms with Crippen LogP contribution in [0.3, 0.4) is 0 Å². The van der Waals surface area contributed by atoms with Crippen molar-refractivity contribution in [3.8, 4) is 5.75 Å². The fraction of sp³-hybridized carbons (Fsp3) is 0.613. The summed E-state index contributed by atoms with van der Waals surface area (Å²) in [6.07, 6.45) is -2.64. The zero-order valence-electron chi connectivity index (χ0n) is 23.5. The third-order valence-electron chi connectivity index (χ3n) is 11.2. The van der Waals surface area contributed by atoms with Gasteiger partial charge in [-0.05, 0) is 62.3 Å². The molecule has 0 amide bonds. The maximum Gasteiger partial charge on any atom is 0.193 e. The average molecular weight is 577 g/mol. The number of carbonyl (C=O) groups excluding carboxylic acids is 2. The highest BCUT2D eigenvalue weighted by atomic mass is 19.1. The third kappa shape index (κ3) is 3.25. The molecule has 1 aliphatic heterocycles. The van der Waals surface area contributed by atoms with E-state index in [1.165, 1.54) is 31.2 Å². The highest BCUT2D eigenvalue weighted by Gasteiger charge is 2.83. The first-order valence-electron chi connectivity index (χ1n) is 14.1. The summed E-state index contributed by atoms with van der Waals surface area (Å²) >= 11 is 0. The van der Waals surface area contributed by atoms with E-state index in [1.807, 2.05) is 0 Å². The number of benzene rings is 1. The van der Waals surface area contributed by atoms with Gasteiger partial charge in [-0.15, -0.1) is 0 Å². The fourth-order valence-corrected chi connectivity index (χ4v) is 9.09. The molecule has 1 aromatic carbocycles. The molecule has 4 fully saturated rings. The highest BCUT2D eigenvalue weighted by Crippen LogP contribution is 2.77. The van der Waals surface area contributed by atoms with Crippen LogP contribution >= 0.6 is 0 Å². The molecule has 0 bridgehead atoms. The summed E-state index contributed by atoms with van der Waals surface area (Å²) in [7, 11) is 0. The quantitative estimate of drug-likeness (QED) is 0.540. The molecule has 0 aromatic heterocycles. The minimum atomic E-state index is -2.38. The molecule has 1 aromatic rings. The van der Waals surface area contributed by atoms with Gasteiger partial charge >= 0.3 is 0 Å². The maximum atomic E-state index is 17.7. The Morgan fingerprint density at radius 3 is 2.63 bits per heavy atom. The molecular formula is C31H35F3O7. The van der Waals surface area contributed by atoms with Crippen LogP contribution in [0.15, 0.2) is 42.0 Å². The second-order valence-electron chi connectivity index (χ2n) is 12.7. The van der Waals surface area contributed by atoms with Crippen LogP contribution in [0.5, 0.6) is 5.75 Å². The van der Waals surface area contributed by atoms with E-state index in [0.29, 0.717) is 0 Å². The lowest BCUT2D eigenvalue weighted by Crippen LogP contribution is -2.73. The summed E-state index contributed by atoms with van der Waals surface area (Å²) in [5.41, 5.74) is -8.39. The van der Waals surface area contributed by atoms with Crippen molar-refractivity contribution < 1.29 is 47.2 Å². The van der Waals surface area contributed by atoms with Crippen LogP contribution in [0.4, 0.5) is 13.2 Å². The largest absolute Gasteiger partial charge is 0.491 e. The van der Waals surface area contributed by atoms with Crippen LogP contribution in [0.1, 0.15) is 58.8 Å². The number of hydrogen-bond acceptors (Lipinski definition) is 7. The average Bonchev–Trinajstić information content (AvgIpc) is 3.39. The number of aliphatic hydroxyl groups excluding tert-OH is 2. The van der Waals surface area contributed by atoms with E-state index < -0.39 is 82.1 Å². The van der Waals surface area contributed by atoms with E-state index in [9.17, 15) is 19.8 Å². The molecule has 1 saturated heterocycles. The van der Waals surface area contributed by atoms with Gasteiger partial charge in [-0.25, -0.2) is 13.2 Å². The number of carbonyl (C=O) groups is 2. The number of aliphatic hydroxyl groups is 2. The smallest absolute Gasteiger partial charge is 0.193 e. The molecule has 10 heteroatoms. The van der Waals surface area contributed by atoms with Gasteiger partial charge in [0, 0.05) is 22.3 Å². The Morgan fingerprint density at radius 2 is 1.95 bits per heavy atom. The Kier molecular flexibility index (Phi) is 6.26. The van der Waals surface area contributed by atoms with Crippen molar-refractivity contribution in [1.29, 1.82) is 0 Å². The van der Waals surface area contributed by atoms with E-state index in [-0.39, 0.29) is 42.8 Å². The van der Waals surface area contributed by atoms with Crippen molar-refractivity contribution in [2.45, 2.75) is 82.9 Å². The Balaban J connectivity index is 1.47. The SMILES string of the molecule is CCOc1cccc([C@@H]2O[C@@H]3C[C@@]4(C)[C@@H]5C[C@H](F)C6=CC(=O)C=C[C@]6(C)[C@@]5(F)[C@@H](O)C[C@]4(C)[C@]3(C(=O)CO)O2)c1F. The lowest BCUT2D eigenvalue weighted by molar-refractivity contribution is -0.263. The maximum absolute atomic E-state index is 17.7. The number of rotatable bonds is 5. The number of alkyl halides is 2. The van der Waals surface area contributed by atoms with Crippen LogP contribution in [0, 0.1) is 28.0 Å². The summed E-state index contributed by atoms with van der Waals surface area (Å²) in [6.45, 7) is 5.94. The van der Waals surface area contributed by atoms with Gasteiger partial charge < -0.3 is 24.4 Å². The van der Waals surface area contributed by atoms with Gasteiger partial charge in [0.1, 0.15) is 12.8 Å². The Hall–Kier alpha value is -2.53. The fourth-order valence-electron chi connectivity index (χ4n) is 9.09. The van der Waals surface area contributed by atoms with Crippen LogP contribution in [-0.2, 0) is 19.1 Å². The summed E-state index contributed by atoms with van der Waals surface area (Å²) in [5.74, 6) is -3.03. The van der Waals surface area contributed by atoms with E-state index in [2.05, 4.69) is 0 Å². The zero-order valence-corrected chi connectivity index (χ0v) is 23.5. The minimum Gasteiger partial charge on any atom is -0.491 e. The second kappa shape index (κ2) is 8.99. The number of ketones is 2. The molecule has 41 heavy (non-hydrogen) atoms. The summed E-state index contributed by atoms with van der Waals surface area (Å²) in [4.78, 5) is 25.8. The standard InChI is InChI=1S/C31H35F3O7/c1-5-39-20-8-6-7-17(25(20)33)26-40-24-14-28(3)21-12-19(32)18-11-16(36)9-10-27(18,2)30(21,34)22(37)13-29(28,4)31(24,41-26)23(38)15-35/h6-11,19,21-22,24,26,35,37H,5,12-15H2,1-4H3/t19-,21-,22-,24+,26+,27-,28-,29-,30-,31+/m0/s1. The first kappa shape index (κ1) is 28.6. The molecular weight excluding hydrogens is 541 g/mol. The number of ether oxygens (including phenoxy) is 3. The highest BCUT2D eigenvalue weighted by molar-refractivity contribution is 6.01. The van der Waals surface area contributed by atoms with E-state index in [1.54, 1.807) is 26.8 Å². The first-order chi connectivity index (χ1) is 19.2. The van der Waals surface area contributed by atoms with E-state index >= 15 is 13.2 Å². The Labute approximate surface area is 236 Å². The second-order valence-corrected chi connectivity index (χ2v) is 12.7. The lowest BCUT2D eigenvalue weighted by atomic mass is 9.39. The number of Topliss-reactive ketones (excluding diaryl/α,β-unsaturated/α-hetero) is 1. The number of fused-ring (bicyclic) bond motifs is 7. The molecule has 3 saturated carbocycles. The van der Waals surface area contributed by atoms with Crippen molar-refractivity contribution in [2.24, 2.45) is 22.2 Å². The van der Waals surface area contributed by atoms with Crippen molar-refractivity contribution in [3.05, 3.63) is 53.4 Å². The molecule has 0 radical (unpaired) electrons. The minimum absolute atomic E-state index is 0.00208. The number of hydrogen-bond donors (Lipinski definition) is 2. The predicted octanol–water partition coefficient (Wildman–Crippen LogP) is 4.26. The third-order valence-corrected chi connectivity index (χ3v) is 11.2. The molecule has 2 N–H and O–H groups in total. The molecule has 5 aliphatic rings. The van der Waals surface area contributed by atoms with E-state index in [0.717, 1.165) is 6.08 Å². The van der Waals surface area contributed by atoms with Crippen LogP contribution in [-0.4, -0.2) is 64.6 Å². The van der Waals surface area contributed by atoms with Crippen molar-refractivity contribution in [2.75, 3.05) is 13.2 Å². The first-order valence-corrected chi connectivity index (χ1v) is 14.1. The zero-order chi connectivity index (χ0) is 29.8. The summed E-state index contributed by atoms with van der Waals surface area (Å²) in [6, 6.07) is 4.47. The van der Waals surface area contributed by atoms with Gasteiger partial charge in [-0.1, -0.05) is 32.1 Å². The summed E-state index contributed by atoms with van der Waals surface area (Å²) < 4.78 is 66.9. The van der Waals surface area contributed by atoms with Gasteiger partial charge in [0.25, 0.3) is 0 Å².